The van der Waals surface area contributed by atoms with E-state index >= 15 is 0 Å². The first kappa shape index (κ1) is 10.1. The van der Waals surface area contributed by atoms with E-state index in [0.717, 1.165) is 6.07 Å². The fraction of sp³-hybridized carbons (Fsp3) is 0.111. The van der Waals surface area contributed by atoms with Crippen LogP contribution in [0.4, 0.5) is 4.39 Å². The average Bonchev–Trinajstić information content (AvgIpc) is 2.71. The third-order valence-corrected chi connectivity index (χ3v) is 2.84. The van der Waals surface area contributed by atoms with Crippen LogP contribution in [0.25, 0.3) is 10.9 Å². The fourth-order valence-corrected chi connectivity index (χ4v) is 1.73. The lowest BCUT2D eigenvalue weighted by molar-refractivity contribution is 0.0602. The Morgan fingerprint density at radius 2 is 2.40 bits per heavy atom. The van der Waals surface area contributed by atoms with Crippen molar-refractivity contribution in [1.29, 1.82) is 0 Å². The van der Waals surface area contributed by atoms with Crippen LogP contribution < -0.4 is 0 Å². The molecule has 0 unspecified atom stereocenters. The van der Waals surface area contributed by atoms with E-state index in [9.17, 15) is 9.18 Å². The zero-order chi connectivity index (χ0) is 11.0. The van der Waals surface area contributed by atoms with Gasteiger partial charge < -0.3 is 4.74 Å². The Morgan fingerprint density at radius 1 is 1.67 bits per heavy atom. The molecule has 4 nitrogen and oxygen atoms in total. The summed E-state index contributed by atoms with van der Waals surface area (Å²) in [5.41, 5.74) is 0.584. The van der Waals surface area contributed by atoms with Gasteiger partial charge in [-0.15, -0.1) is 0 Å². The maximum Gasteiger partial charge on any atom is 0.340 e. The summed E-state index contributed by atoms with van der Waals surface area (Å²) in [5.74, 6) is -1.13. The van der Waals surface area contributed by atoms with Crippen LogP contribution in [0.2, 0.25) is 0 Å². The molecule has 0 amide bonds. The number of esters is 1. The van der Waals surface area contributed by atoms with Crippen LogP contribution in [0.5, 0.6) is 0 Å². The highest BCUT2D eigenvalue weighted by atomic mass is 79.9. The van der Waals surface area contributed by atoms with E-state index < -0.39 is 11.8 Å². The minimum atomic E-state index is -0.601. The maximum absolute atomic E-state index is 13.4. The van der Waals surface area contributed by atoms with Gasteiger partial charge in [-0.2, -0.15) is 5.10 Å². The summed E-state index contributed by atoms with van der Waals surface area (Å²) in [6, 6.07) is 1.11. The largest absolute Gasteiger partial charge is 0.465 e. The minimum absolute atomic E-state index is 0.130. The second kappa shape index (κ2) is 3.62. The molecule has 0 aliphatic rings. The van der Waals surface area contributed by atoms with E-state index in [0.29, 0.717) is 10.9 Å². The minimum Gasteiger partial charge on any atom is -0.465 e. The third-order valence-electron chi connectivity index (χ3n) is 2.03. The van der Waals surface area contributed by atoms with Crippen molar-refractivity contribution in [2.45, 2.75) is 0 Å². The molecular weight excluding hydrogens is 267 g/mol. The summed E-state index contributed by atoms with van der Waals surface area (Å²) in [7, 11) is 1.24. The van der Waals surface area contributed by atoms with Gasteiger partial charge in [0, 0.05) is 5.39 Å². The van der Waals surface area contributed by atoms with E-state index in [1.807, 2.05) is 0 Å². The summed E-state index contributed by atoms with van der Waals surface area (Å²) in [6.45, 7) is 0. The van der Waals surface area contributed by atoms with Gasteiger partial charge in [0.15, 0.2) is 0 Å². The molecule has 0 bridgehead atoms. The SMILES string of the molecule is COC(=O)c1cc(F)c(Br)c2cn[nH]c12. The predicted octanol–water partition coefficient (Wildman–Crippen LogP) is 2.25. The van der Waals surface area contributed by atoms with Gasteiger partial charge >= 0.3 is 5.97 Å². The van der Waals surface area contributed by atoms with Gasteiger partial charge in [-0.1, -0.05) is 0 Å². The zero-order valence-electron chi connectivity index (χ0n) is 7.67. The molecule has 78 valence electrons. The number of aromatic amines is 1. The summed E-state index contributed by atoms with van der Waals surface area (Å²) in [5, 5.41) is 6.88. The Bertz CT molecular complexity index is 538. The summed E-state index contributed by atoms with van der Waals surface area (Å²) >= 11 is 3.08. The number of hydrogen-bond donors (Lipinski definition) is 1. The second-order valence-corrected chi connectivity index (χ2v) is 3.66. The third kappa shape index (κ3) is 1.50. The van der Waals surface area contributed by atoms with Gasteiger partial charge in [-0.3, -0.25) is 5.10 Å². The number of fused-ring (bicyclic) bond motifs is 1. The molecule has 1 aromatic carbocycles. The number of carbonyl (C=O) groups excluding carboxylic acids is 1. The van der Waals surface area contributed by atoms with Crippen molar-refractivity contribution in [3.8, 4) is 0 Å². The van der Waals surface area contributed by atoms with E-state index in [2.05, 4.69) is 30.9 Å². The van der Waals surface area contributed by atoms with Crippen molar-refractivity contribution in [1.82, 2.24) is 10.2 Å². The zero-order valence-corrected chi connectivity index (χ0v) is 9.26. The molecule has 0 saturated heterocycles. The normalized spacial score (nSPS) is 10.6. The number of ether oxygens (including phenoxy) is 1. The van der Waals surface area contributed by atoms with Crippen molar-refractivity contribution >= 4 is 32.8 Å². The highest BCUT2D eigenvalue weighted by Gasteiger charge is 2.17. The van der Waals surface area contributed by atoms with E-state index in [1.165, 1.54) is 13.3 Å². The molecule has 0 radical (unpaired) electrons. The highest BCUT2D eigenvalue weighted by Crippen LogP contribution is 2.28. The summed E-state index contributed by atoms with van der Waals surface area (Å²) in [4.78, 5) is 11.3. The molecule has 0 aliphatic heterocycles. The number of hydrogen-bond acceptors (Lipinski definition) is 3. The van der Waals surface area contributed by atoms with Crippen molar-refractivity contribution < 1.29 is 13.9 Å². The molecule has 0 spiro atoms. The molecule has 0 fully saturated rings. The smallest absolute Gasteiger partial charge is 0.340 e. The van der Waals surface area contributed by atoms with Gasteiger partial charge in [0.25, 0.3) is 0 Å². The number of rotatable bonds is 1. The van der Waals surface area contributed by atoms with Crippen LogP contribution in [0.3, 0.4) is 0 Å². The highest BCUT2D eigenvalue weighted by molar-refractivity contribution is 9.10. The van der Waals surface area contributed by atoms with Crippen LogP contribution in [-0.4, -0.2) is 23.3 Å². The topological polar surface area (TPSA) is 55.0 Å². The molecule has 0 atom stereocenters. The molecule has 1 aromatic heterocycles. The fourth-order valence-electron chi connectivity index (χ4n) is 1.32. The first-order valence-electron chi connectivity index (χ1n) is 4.04. The Morgan fingerprint density at radius 3 is 3.07 bits per heavy atom. The Hall–Kier alpha value is -1.43. The maximum atomic E-state index is 13.4. The van der Waals surface area contributed by atoms with Crippen LogP contribution >= 0.6 is 15.9 Å². The molecule has 6 heteroatoms. The van der Waals surface area contributed by atoms with E-state index in [-0.39, 0.29) is 10.0 Å². The van der Waals surface area contributed by atoms with E-state index in [4.69, 9.17) is 0 Å². The molecule has 0 aliphatic carbocycles. The number of H-pyrrole nitrogens is 1. The number of carbonyl (C=O) groups is 1. The number of nitrogens with one attached hydrogen (secondary N) is 1. The van der Waals surface area contributed by atoms with Crippen LogP contribution in [0, 0.1) is 5.82 Å². The lowest BCUT2D eigenvalue weighted by atomic mass is 10.1. The summed E-state index contributed by atoms with van der Waals surface area (Å²) < 4.78 is 18.2. The number of benzene rings is 1. The molecular formula is C9H6BrFN2O2. The average molecular weight is 273 g/mol. The Labute approximate surface area is 92.5 Å². The molecule has 1 heterocycles. The van der Waals surface area contributed by atoms with Gasteiger partial charge in [-0.05, 0) is 22.0 Å². The number of halogens is 2. The van der Waals surface area contributed by atoms with Gasteiger partial charge in [0.1, 0.15) is 5.82 Å². The summed E-state index contributed by atoms with van der Waals surface area (Å²) in [6.07, 6.45) is 1.44. The van der Waals surface area contributed by atoms with Crippen molar-refractivity contribution in [2.24, 2.45) is 0 Å². The monoisotopic (exact) mass is 272 g/mol. The second-order valence-electron chi connectivity index (χ2n) is 2.87. The lowest BCUT2D eigenvalue weighted by Crippen LogP contribution is -2.03. The quantitative estimate of drug-likeness (QED) is 0.811. The lowest BCUT2D eigenvalue weighted by Gasteiger charge is -2.03. The number of nitrogens with zero attached hydrogens (tertiary/aromatic N) is 1. The standard InChI is InChI=1S/C9H6BrFN2O2/c1-15-9(14)4-2-6(11)7(10)5-3-12-13-8(4)5/h2-3H,1H3,(H,12,13). The molecule has 2 aromatic rings. The van der Waals surface area contributed by atoms with E-state index in [1.54, 1.807) is 0 Å². The van der Waals surface area contributed by atoms with Crippen molar-refractivity contribution in [3.05, 3.63) is 28.1 Å². The molecule has 0 saturated carbocycles. The molecule has 1 N–H and O–H groups in total. The molecule has 2 rings (SSSR count). The van der Waals surface area contributed by atoms with Gasteiger partial charge in [0.2, 0.25) is 0 Å². The number of methoxy groups -OCH3 is 1. The van der Waals surface area contributed by atoms with Gasteiger partial charge in [-0.25, -0.2) is 9.18 Å². The first-order chi connectivity index (χ1) is 7.15. The van der Waals surface area contributed by atoms with Crippen LogP contribution in [-0.2, 0) is 4.74 Å². The first-order valence-corrected chi connectivity index (χ1v) is 4.84. The van der Waals surface area contributed by atoms with Gasteiger partial charge in [0.05, 0.1) is 28.9 Å². The predicted molar refractivity (Wildman–Crippen MR) is 55.1 cm³/mol. The Kier molecular flexibility index (Phi) is 2.44. The molecule has 15 heavy (non-hydrogen) atoms. The van der Waals surface area contributed by atoms with Crippen molar-refractivity contribution in [2.75, 3.05) is 7.11 Å². The van der Waals surface area contributed by atoms with Crippen LogP contribution in [0.1, 0.15) is 10.4 Å². The number of aromatic nitrogens is 2. The Balaban J connectivity index is 2.80. The van der Waals surface area contributed by atoms with Crippen LogP contribution in [0.15, 0.2) is 16.7 Å². The van der Waals surface area contributed by atoms with Crippen molar-refractivity contribution in [3.63, 3.8) is 0 Å².